The molecule has 0 fully saturated rings. The molecule has 0 spiro atoms. The van der Waals surface area contributed by atoms with Crippen molar-refractivity contribution in [1.82, 2.24) is 5.32 Å². The van der Waals surface area contributed by atoms with Crippen molar-refractivity contribution in [2.45, 2.75) is 32.9 Å². The second-order valence-corrected chi connectivity index (χ2v) is 5.86. The Morgan fingerprint density at radius 3 is 2.74 bits per heavy atom. The zero-order valence-corrected chi connectivity index (χ0v) is 12.7. The Bertz CT molecular complexity index is 438. The number of nitro groups is 1. The maximum Gasteiger partial charge on any atom is 0.275 e. The van der Waals surface area contributed by atoms with Crippen LogP contribution in [0.25, 0.3) is 0 Å². The number of aliphatic hydroxyl groups excluding tert-OH is 1. The van der Waals surface area contributed by atoms with Gasteiger partial charge in [-0.15, -0.1) is 0 Å². The normalized spacial score (nSPS) is 12.7. The summed E-state index contributed by atoms with van der Waals surface area (Å²) in [5.41, 5.74) is 0.699. The highest BCUT2D eigenvalue weighted by Gasteiger charge is 2.14. The molecular weight excluding hydrogens is 312 g/mol. The van der Waals surface area contributed by atoms with Crippen molar-refractivity contribution < 1.29 is 10.0 Å². The van der Waals surface area contributed by atoms with E-state index in [0.717, 1.165) is 6.42 Å². The fourth-order valence-corrected chi connectivity index (χ4v) is 2.21. The number of rotatable bonds is 7. The summed E-state index contributed by atoms with van der Waals surface area (Å²) < 4.78 is 0.683. The van der Waals surface area contributed by atoms with Crippen LogP contribution in [0.2, 0.25) is 0 Å². The van der Waals surface area contributed by atoms with Crippen LogP contribution in [0.5, 0.6) is 0 Å². The first-order valence-electron chi connectivity index (χ1n) is 6.21. The Balaban J connectivity index is 2.56. The van der Waals surface area contributed by atoms with Gasteiger partial charge in [0.2, 0.25) is 0 Å². The fourth-order valence-electron chi connectivity index (χ4n) is 1.86. The highest BCUT2D eigenvalue weighted by Crippen LogP contribution is 2.23. The lowest BCUT2D eigenvalue weighted by molar-refractivity contribution is -0.385. The molecule has 0 aliphatic carbocycles. The van der Waals surface area contributed by atoms with Crippen LogP contribution >= 0.6 is 15.9 Å². The van der Waals surface area contributed by atoms with Gasteiger partial charge in [-0.05, 0) is 24.5 Å². The molecule has 0 aliphatic heterocycles. The SMILES string of the molecule is CC(C)CC(O)CNCc1ccc(Br)cc1[N+](=O)[O-]. The van der Waals surface area contributed by atoms with E-state index >= 15 is 0 Å². The molecule has 6 heteroatoms. The van der Waals surface area contributed by atoms with Gasteiger partial charge in [0.05, 0.1) is 11.0 Å². The van der Waals surface area contributed by atoms with Gasteiger partial charge < -0.3 is 10.4 Å². The van der Waals surface area contributed by atoms with Gasteiger partial charge in [0.25, 0.3) is 5.69 Å². The van der Waals surface area contributed by atoms with Gasteiger partial charge in [-0.25, -0.2) is 0 Å². The zero-order valence-electron chi connectivity index (χ0n) is 11.1. The average Bonchev–Trinajstić information content (AvgIpc) is 2.29. The minimum absolute atomic E-state index is 0.0835. The Morgan fingerprint density at radius 2 is 2.16 bits per heavy atom. The number of nitrogens with one attached hydrogen (secondary N) is 1. The third-order valence-corrected chi connectivity index (χ3v) is 3.18. The Hall–Kier alpha value is -0.980. The number of nitrogens with zero attached hydrogens (tertiary/aromatic N) is 1. The smallest absolute Gasteiger partial charge is 0.275 e. The lowest BCUT2D eigenvalue weighted by Crippen LogP contribution is -2.27. The van der Waals surface area contributed by atoms with E-state index in [2.05, 4.69) is 21.2 Å². The largest absolute Gasteiger partial charge is 0.392 e. The minimum Gasteiger partial charge on any atom is -0.392 e. The lowest BCUT2D eigenvalue weighted by Gasteiger charge is -2.13. The summed E-state index contributed by atoms with van der Waals surface area (Å²) in [7, 11) is 0. The predicted octanol–water partition coefficient (Wildman–Crippen LogP) is 2.85. The Morgan fingerprint density at radius 1 is 1.47 bits per heavy atom. The van der Waals surface area contributed by atoms with E-state index in [4.69, 9.17) is 0 Å². The van der Waals surface area contributed by atoms with Crippen LogP contribution in [0.15, 0.2) is 22.7 Å². The summed E-state index contributed by atoms with van der Waals surface area (Å²) in [5, 5.41) is 23.7. The molecule has 19 heavy (non-hydrogen) atoms. The van der Waals surface area contributed by atoms with Crippen LogP contribution in [0.4, 0.5) is 5.69 Å². The summed E-state index contributed by atoms with van der Waals surface area (Å²) >= 11 is 3.22. The van der Waals surface area contributed by atoms with Crippen molar-refractivity contribution >= 4 is 21.6 Å². The number of nitro benzene ring substituents is 1. The molecule has 1 atom stereocenters. The molecule has 106 valence electrons. The molecule has 1 rings (SSSR count). The average molecular weight is 331 g/mol. The molecular formula is C13H19BrN2O3. The van der Waals surface area contributed by atoms with Crippen molar-refractivity contribution in [3.8, 4) is 0 Å². The monoisotopic (exact) mass is 330 g/mol. The quantitative estimate of drug-likeness (QED) is 0.595. The van der Waals surface area contributed by atoms with E-state index in [9.17, 15) is 15.2 Å². The number of hydrogen-bond donors (Lipinski definition) is 2. The van der Waals surface area contributed by atoms with E-state index in [1.165, 1.54) is 6.07 Å². The van der Waals surface area contributed by atoms with Gasteiger partial charge in [0.1, 0.15) is 0 Å². The first-order valence-corrected chi connectivity index (χ1v) is 7.01. The molecule has 0 amide bonds. The molecule has 1 aromatic rings. The Labute approximate surface area is 121 Å². The molecule has 5 nitrogen and oxygen atoms in total. The summed E-state index contributed by atoms with van der Waals surface area (Å²) in [6, 6.07) is 4.97. The van der Waals surface area contributed by atoms with Crippen LogP contribution in [-0.4, -0.2) is 22.7 Å². The highest BCUT2D eigenvalue weighted by atomic mass is 79.9. The van der Waals surface area contributed by atoms with E-state index in [1.807, 2.05) is 13.8 Å². The summed E-state index contributed by atoms with van der Waals surface area (Å²) in [6.07, 6.45) is 0.296. The van der Waals surface area contributed by atoms with Crippen molar-refractivity contribution in [3.63, 3.8) is 0 Å². The second kappa shape index (κ2) is 7.57. The van der Waals surface area contributed by atoms with Gasteiger partial charge in [0, 0.05) is 29.2 Å². The molecule has 0 radical (unpaired) electrons. The summed E-state index contributed by atoms with van der Waals surface area (Å²) in [6.45, 7) is 4.90. The third-order valence-electron chi connectivity index (χ3n) is 2.68. The molecule has 0 aromatic heterocycles. The van der Waals surface area contributed by atoms with Crippen LogP contribution in [-0.2, 0) is 6.54 Å². The van der Waals surface area contributed by atoms with Crippen LogP contribution in [0, 0.1) is 16.0 Å². The van der Waals surface area contributed by atoms with Gasteiger partial charge in [0.15, 0.2) is 0 Å². The maximum atomic E-state index is 10.9. The third kappa shape index (κ3) is 5.67. The molecule has 0 saturated carbocycles. The molecule has 0 heterocycles. The van der Waals surface area contributed by atoms with Crippen LogP contribution in [0.3, 0.4) is 0 Å². The van der Waals surface area contributed by atoms with Crippen molar-refractivity contribution in [1.29, 1.82) is 0 Å². The van der Waals surface area contributed by atoms with E-state index in [0.29, 0.717) is 29.0 Å². The summed E-state index contributed by atoms with van der Waals surface area (Å²) in [4.78, 5) is 10.5. The number of hydrogen-bond acceptors (Lipinski definition) is 4. The van der Waals surface area contributed by atoms with Gasteiger partial charge in [-0.3, -0.25) is 10.1 Å². The molecule has 0 aliphatic rings. The minimum atomic E-state index is -0.422. The Kier molecular flexibility index (Phi) is 6.41. The first kappa shape index (κ1) is 16.1. The number of aliphatic hydroxyl groups is 1. The molecule has 1 aromatic carbocycles. The molecule has 0 saturated heterocycles. The molecule has 0 bridgehead atoms. The van der Waals surface area contributed by atoms with E-state index < -0.39 is 11.0 Å². The van der Waals surface area contributed by atoms with Crippen molar-refractivity contribution in [3.05, 3.63) is 38.3 Å². The van der Waals surface area contributed by atoms with Crippen molar-refractivity contribution in [2.24, 2.45) is 5.92 Å². The first-order chi connectivity index (χ1) is 8.90. The van der Waals surface area contributed by atoms with Crippen LogP contribution in [0.1, 0.15) is 25.8 Å². The zero-order chi connectivity index (χ0) is 14.4. The van der Waals surface area contributed by atoms with Gasteiger partial charge in [-0.2, -0.15) is 0 Å². The summed E-state index contributed by atoms with van der Waals surface area (Å²) in [5.74, 6) is 0.429. The maximum absolute atomic E-state index is 10.9. The standard InChI is InChI=1S/C13H19BrN2O3/c1-9(2)5-12(17)8-15-7-10-3-4-11(14)6-13(10)16(18)19/h3-4,6,9,12,15,17H,5,7-8H2,1-2H3. The fraction of sp³-hybridized carbons (Fsp3) is 0.538. The van der Waals surface area contributed by atoms with Gasteiger partial charge in [-0.1, -0.05) is 29.8 Å². The van der Waals surface area contributed by atoms with Crippen molar-refractivity contribution in [2.75, 3.05) is 6.54 Å². The molecule has 1 unspecified atom stereocenters. The highest BCUT2D eigenvalue weighted by molar-refractivity contribution is 9.10. The predicted molar refractivity (Wildman–Crippen MR) is 78.0 cm³/mol. The van der Waals surface area contributed by atoms with Crippen LogP contribution < -0.4 is 5.32 Å². The van der Waals surface area contributed by atoms with E-state index in [-0.39, 0.29) is 5.69 Å². The lowest BCUT2D eigenvalue weighted by atomic mass is 10.1. The molecule has 2 N–H and O–H groups in total. The van der Waals surface area contributed by atoms with Gasteiger partial charge >= 0.3 is 0 Å². The number of halogens is 1. The number of benzene rings is 1. The topological polar surface area (TPSA) is 75.4 Å². The second-order valence-electron chi connectivity index (χ2n) is 4.94. The van der Waals surface area contributed by atoms with E-state index in [1.54, 1.807) is 12.1 Å².